The van der Waals surface area contributed by atoms with Crippen molar-refractivity contribution >= 4 is 0 Å². The maximum absolute atomic E-state index is 11.9. The average molecular weight is 116 g/mol. The summed E-state index contributed by atoms with van der Waals surface area (Å²) >= 11 is 0. The molecule has 1 N–H and O–H groups in total. The topological polar surface area (TPSA) is 29.5 Å². The van der Waals surface area contributed by atoms with E-state index in [4.69, 9.17) is 5.11 Å². The number of allylic oxidation sites excluding steroid dienone is 2. The first-order valence-electron chi connectivity index (χ1n) is 2.18. The maximum Gasteiger partial charge on any atom is 0.275 e. The van der Waals surface area contributed by atoms with Crippen LogP contribution in [0.5, 0.6) is 0 Å². The number of aliphatic hydroxyl groups is 1. The zero-order chi connectivity index (χ0) is 5.98. The predicted octanol–water partition coefficient (Wildman–Crippen LogP) is 0.702. The second-order valence-electron chi connectivity index (χ2n) is 1.36. The van der Waals surface area contributed by atoms with Gasteiger partial charge < -0.3 is 9.84 Å². The SMILES string of the molecule is OC1C=CC=C(F)O1. The van der Waals surface area contributed by atoms with E-state index in [1.54, 1.807) is 0 Å². The van der Waals surface area contributed by atoms with E-state index in [9.17, 15) is 4.39 Å². The molecular formula is C5H5FO2. The molecule has 8 heavy (non-hydrogen) atoms. The van der Waals surface area contributed by atoms with Gasteiger partial charge in [-0.1, -0.05) is 6.08 Å². The molecule has 1 atom stereocenters. The third-order valence-electron chi connectivity index (χ3n) is 0.736. The lowest BCUT2D eigenvalue weighted by Gasteiger charge is -2.08. The Morgan fingerprint density at radius 3 is 2.88 bits per heavy atom. The molecule has 0 amide bonds. The van der Waals surface area contributed by atoms with Gasteiger partial charge in [-0.15, -0.1) is 0 Å². The van der Waals surface area contributed by atoms with Crippen molar-refractivity contribution < 1.29 is 14.2 Å². The highest BCUT2D eigenvalue weighted by molar-refractivity contribution is 5.08. The Morgan fingerprint density at radius 2 is 2.50 bits per heavy atom. The lowest BCUT2D eigenvalue weighted by molar-refractivity contribution is -0.0523. The van der Waals surface area contributed by atoms with Gasteiger partial charge in [0.2, 0.25) is 6.29 Å². The Labute approximate surface area is 45.9 Å². The fourth-order valence-corrected chi connectivity index (χ4v) is 0.420. The van der Waals surface area contributed by atoms with Gasteiger partial charge in [-0.3, -0.25) is 0 Å². The van der Waals surface area contributed by atoms with E-state index in [-0.39, 0.29) is 0 Å². The van der Waals surface area contributed by atoms with Crippen molar-refractivity contribution in [2.45, 2.75) is 6.29 Å². The van der Waals surface area contributed by atoms with Crippen LogP contribution >= 0.6 is 0 Å². The van der Waals surface area contributed by atoms with Crippen LogP contribution in [-0.2, 0) is 4.74 Å². The van der Waals surface area contributed by atoms with Gasteiger partial charge in [0.1, 0.15) is 0 Å². The lowest BCUT2D eigenvalue weighted by Crippen LogP contribution is -2.08. The van der Waals surface area contributed by atoms with Gasteiger partial charge in [-0.2, -0.15) is 4.39 Å². The van der Waals surface area contributed by atoms with E-state index in [1.165, 1.54) is 12.2 Å². The van der Waals surface area contributed by atoms with Gasteiger partial charge in [-0.25, -0.2) is 0 Å². The highest BCUT2D eigenvalue weighted by Gasteiger charge is 2.04. The van der Waals surface area contributed by atoms with E-state index < -0.39 is 12.3 Å². The van der Waals surface area contributed by atoms with Crippen LogP contribution in [0.1, 0.15) is 0 Å². The molecule has 2 nitrogen and oxygen atoms in total. The monoisotopic (exact) mass is 116 g/mol. The summed E-state index contributed by atoms with van der Waals surface area (Å²) in [6.07, 6.45) is 2.75. The minimum atomic E-state index is -1.11. The normalized spacial score (nSPS) is 26.8. The van der Waals surface area contributed by atoms with Crippen molar-refractivity contribution in [2.24, 2.45) is 0 Å². The number of hydrogen-bond donors (Lipinski definition) is 1. The quantitative estimate of drug-likeness (QED) is 0.504. The molecule has 0 aromatic carbocycles. The van der Waals surface area contributed by atoms with Gasteiger partial charge in [0.25, 0.3) is 6.01 Å². The molecule has 0 aromatic heterocycles. The fraction of sp³-hybridized carbons (Fsp3) is 0.200. The van der Waals surface area contributed by atoms with Gasteiger partial charge in [0, 0.05) is 6.08 Å². The van der Waals surface area contributed by atoms with Gasteiger partial charge in [0.05, 0.1) is 0 Å². The van der Waals surface area contributed by atoms with Crippen LogP contribution in [0.4, 0.5) is 4.39 Å². The third-order valence-corrected chi connectivity index (χ3v) is 0.736. The van der Waals surface area contributed by atoms with E-state index >= 15 is 0 Å². The van der Waals surface area contributed by atoms with Crippen LogP contribution in [0, 0.1) is 0 Å². The van der Waals surface area contributed by atoms with Crippen molar-refractivity contribution in [2.75, 3.05) is 0 Å². The summed E-state index contributed by atoms with van der Waals surface area (Å²) in [6, 6.07) is -0.750. The largest absolute Gasteiger partial charge is 0.437 e. The molecule has 0 saturated heterocycles. The molecule has 0 aromatic rings. The summed E-state index contributed by atoms with van der Waals surface area (Å²) in [4.78, 5) is 0. The zero-order valence-electron chi connectivity index (χ0n) is 4.04. The number of hydrogen-bond acceptors (Lipinski definition) is 2. The highest BCUT2D eigenvalue weighted by Crippen LogP contribution is 2.08. The minimum absolute atomic E-state index is 0.750. The molecule has 0 saturated carbocycles. The molecule has 3 heteroatoms. The number of ether oxygens (including phenoxy) is 1. The smallest absolute Gasteiger partial charge is 0.275 e. The molecule has 44 valence electrons. The summed E-state index contributed by atoms with van der Waals surface area (Å²) < 4.78 is 16.0. The van der Waals surface area contributed by atoms with Crippen LogP contribution in [-0.4, -0.2) is 11.4 Å². The van der Waals surface area contributed by atoms with E-state index in [0.717, 1.165) is 6.08 Å². The summed E-state index contributed by atoms with van der Waals surface area (Å²) in [5.74, 6) is 0. The van der Waals surface area contributed by atoms with Crippen LogP contribution < -0.4 is 0 Å². The van der Waals surface area contributed by atoms with Crippen molar-refractivity contribution in [3.8, 4) is 0 Å². The fourth-order valence-electron chi connectivity index (χ4n) is 0.420. The van der Waals surface area contributed by atoms with Crippen molar-refractivity contribution in [1.82, 2.24) is 0 Å². The molecule has 0 aliphatic carbocycles. The molecule has 1 aliphatic heterocycles. The van der Waals surface area contributed by atoms with E-state index in [2.05, 4.69) is 4.74 Å². The van der Waals surface area contributed by atoms with Crippen molar-refractivity contribution in [3.63, 3.8) is 0 Å². The maximum atomic E-state index is 11.9. The summed E-state index contributed by atoms with van der Waals surface area (Å²) in [7, 11) is 0. The number of aliphatic hydroxyl groups excluding tert-OH is 1. The predicted molar refractivity (Wildman–Crippen MR) is 25.4 cm³/mol. The number of rotatable bonds is 0. The Balaban J connectivity index is 2.59. The molecule has 0 fully saturated rings. The highest BCUT2D eigenvalue weighted by atomic mass is 19.1. The standard InChI is InChI=1S/C5H5FO2/c6-4-2-1-3-5(7)8-4/h1-3,5,7H. The third kappa shape index (κ3) is 1.07. The Bertz CT molecular complexity index is 139. The first-order chi connectivity index (χ1) is 3.79. The zero-order valence-corrected chi connectivity index (χ0v) is 4.04. The molecule has 0 spiro atoms. The van der Waals surface area contributed by atoms with Gasteiger partial charge in [0.15, 0.2) is 0 Å². The average Bonchev–Trinajstić information content (AvgIpc) is 1.64. The molecule has 1 rings (SSSR count). The van der Waals surface area contributed by atoms with Crippen LogP contribution in [0.3, 0.4) is 0 Å². The summed E-state index contributed by atoms with van der Waals surface area (Å²) in [5, 5.41) is 8.49. The van der Waals surface area contributed by atoms with Crippen molar-refractivity contribution in [1.29, 1.82) is 0 Å². The molecular weight excluding hydrogens is 111 g/mol. The minimum Gasteiger partial charge on any atom is -0.437 e. The van der Waals surface area contributed by atoms with Crippen LogP contribution in [0.2, 0.25) is 0 Å². The van der Waals surface area contributed by atoms with Gasteiger partial charge in [-0.05, 0) is 6.08 Å². The second-order valence-corrected chi connectivity index (χ2v) is 1.36. The molecule has 1 aliphatic rings. The summed E-state index contributed by atoms with van der Waals surface area (Å²) in [5.41, 5.74) is 0. The molecule has 0 bridgehead atoms. The first-order valence-corrected chi connectivity index (χ1v) is 2.18. The Morgan fingerprint density at radius 1 is 1.75 bits per heavy atom. The Hall–Kier alpha value is -0.830. The molecule has 1 heterocycles. The van der Waals surface area contributed by atoms with Crippen LogP contribution in [0.15, 0.2) is 24.2 Å². The lowest BCUT2D eigenvalue weighted by atomic mass is 10.4. The molecule has 1 unspecified atom stereocenters. The number of halogens is 1. The van der Waals surface area contributed by atoms with Gasteiger partial charge >= 0.3 is 0 Å². The summed E-state index contributed by atoms with van der Waals surface area (Å²) in [6.45, 7) is 0. The second kappa shape index (κ2) is 1.96. The molecule has 0 radical (unpaired) electrons. The van der Waals surface area contributed by atoms with Crippen molar-refractivity contribution in [3.05, 3.63) is 24.2 Å². The van der Waals surface area contributed by atoms with Crippen LogP contribution in [0.25, 0.3) is 0 Å². The first kappa shape index (κ1) is 5.31. The van der Waals surface area contributed by atoms with E-state index in [1.807, 2.05) is 0 Å². The Kier molecular flexibility index (Phi) is 1.30. The van der Waals surface area contributed by atoms with E-state index in [0.29, 0.717) is 0 Å².